The molecule has 0 aromatic carbocycles. The van der Waals surface area contributed by atoms with Crippen molar-refractivity contribution < 1.29 is 9.84 Å². The summed E-state index contributed by atoms with van der Waals surface area (Å²) in [4.78, 5) is 9.85. The molecule has 0 radical (unpaired) electrons. The Balaban J connectivity index is 1.47. The van der Waals surface area contributed by atoms with Gasteiger partial charge in [0.05, 0.1) is 31.7 Å². The van der Waals surface area contributed by atoms with E-state index in [2.05, 4.69) is 14.9 Å². The van der Waals surface area contributed by atoms with Crippen molar-refractivity contribution in [2.45, 2.75) is 38.7 Å². The van der Waals surface area contributed by atoms with Gasteiger partial charge in [0, 0.05) is 19.5 Å². The van der Waals surface area contributed by atoms with E-state index >= 15 is 0 Å². The first kappa shape index (κ1) is 14.5. The number of hydrogen-bond donors (Lipinski definition) is 2. The van der Waals surface area contributed by atoms with E-state index in [-0.39, 0.29) is 6.61 Å². The summed E-state index contributed by atoms with van der Waals surface area (Å²) in [6.07, 6.45) is 7.68. The van der Waals surface area contributed by atoms with Crippen LogP contribution < -0.4 is 0 Å². The van der Waals surface area contributed by atoms with Crippen LogP contribution in [0.3, 0.4) is 0 Å². The van der Waals surface area contributed by atoms with E-state index in [1.54, 1.807) is 6.20 Å². The molecule has 108 valence electrons. The van der Waals surface area contributed by atoms with Gasteiger partial charge in [-0.25, -0.2) is 4.98 Å². The van der Waals surface area contributed by atoms with Gasteiger partial charge in [-0.15, -0.1) is 0 Å². The minimum absolute atomic E-state index is 0.0482. The second-order valence-electron chi connectivity index (χ2n) is 5.13. The molecule has 5 nitrogen and oxygen atoms in total. The fourth-order valence-corrected chi connectivity index (χ4v) is 2.42. The summed E-state index contributed by atoms with van der Waals surface area (Å²) in [6.45, 7) is 5.23. The maximum Gasteiger partial charge on any atom is 0.106 e. The molecule has 0 bridgehead atoms. The highest BCUT2D eigenvalue weighted by Crippen LogP contribution is 2.07. The number of aliphatic hydroxyl groups is 1. The molecule has 2 heterocycles. The zero-order chi connectivity index (χ0) is 13.3. The number of morpholine rings is 1. The normalized spacial score (nSPS) is 16.9. The van der Waals surface area contributed by atoms with Crippen LogP contribution in [0.25, 0.3) is 0 Å². The number of ether oxygens (including phenoxy) is 1. The van der Waals surface area contributed by atoms with Gasteiger partial charge in [-0.05, 0) is 19.4 Å². The topological polar surface area (TPSA) is 61.4 Å². The van der Waals surface area contributed by atoms with Crippen LogP contribution in [0.5, 0.6) is 0 Å². The minimum atomic E-state index is 0.0482. The van der Waals surface area contributed by atoms with Gasteiger partial charge in [0.1, 0.15) is 5.82 Å². The molecule has 1 aliphatic rings. The van der Waals surface area contributed by atoms with E-state index in [9.17, 15) is 0 Å². The number of imidazole rings is 1. The highest BCUT2D eigenvalue weighted by atomic mass is 16.5. The lowest BCUT2D eigenvalue weighted by atomic mass is 10.1. The third kappa shape index (κ3) is 5.30. The average molecular weight is 267 g/mol. The van der Waals surface area contributed by atoms with E-state index < -0.39 is 0 Å². The highest BCUT2D eigenvalue weighted by molar-refractivity contribution is 4.99. The fraction of sp³-hybridized carbons (Fsp3) is 0.786. The average Bonchev–Trinajstić information content (AvgIpc) is 2.92. The Morgan fingerprint density at radius 1 is 1.21 bits per heavy atom. The van der Waals surface area contributed by atoms with Crippen molar-refractivity contribution in [1.82, 2.24) is 14.9 Å². The van der Waals surface area contributed by atoms with Crippen LogP contribution in [0, 0.1) is 0 Å². The van der Waals surface area contributed by atoms with E-state index in [4.69, 9.17) is 9.84 Å². The molecule has 0 unspecified atom stereocenters. The van der Waals surface area contributed by atoms with Crippen molar-refractivity contribution in [3.63, 3.8) is 0 Å². The number of nitrogens with one attached hydrogen (secondary N) is 1. The van der Waals surface area contributed by atoms with Crippen molar-refractivity contribution >= 4 is 0 Å². The number of H-pyrrole nitrogens is 1. The van der Waals surface area contributed by atoms with Crippen LogP contribution in [0.2, 0.25) is 0 Å². The van der Waals surface area contributed by atoms with Crippen molar-refractivity contribution in [3.8, 4) is 0 Å². The zero-order valence-corrected chi connectivity index (χ0v) is 11.6. The molecule has 0 spiro atoms. The Hall–Kier alpha value is -0.910. The van der Waals surface area contributed by atoms with E-state index in [0.717, 1.165) is 44.2 Å². The molecule has 1 saturated heterocycles. The molecule has 0 amide bonds. The molecule has 2 N–H and O–H groups in total. The number of aromatic nitrogens is 2. The molecule has 2 rings (SSSR count). The van der Waals surface area contributed by atoms with Crippen LogP contribution in [0.15, 0.2) is 6.20 Å². The second-order valence-corrected chi connectivity index (χ2v) is 5.13. The third-order valence-electron chi connectivity index (χ3n) is 3.59. The monoisotopic (exact) mass is 267 g/mol. The molecule has 0 saturated carbocycles. The molecule has 5 heteroatoms. The molecule has 1 aromatic heterocycles. The van der Waals surface area contributed by atoms with Gasteiger partial charge in [0.15, 0.2) is 0 Å². The first-order valence-corrected chi connectivity index (χ1v) is 7.32. The van der Waals surface area contributed by atoms with Crippen molar-refractivity contribution in [1.29, 1.82) is 0 Å². The summed E-state index contributed by atoms with van der Waals surface area (Å²) in [5.74, 6) is 0.997. The zero-order valence-electron chi connectivity index (χ0n) is 11.6. The van der Waals surface area contributed by atoms with Gasteiger partial charge < -0.3 is 14.8 Å². The van der Waals surface area contributed by atoms with Gasteiger partial charge in [0.2, 0.25) is 0 Å². The number of unbranched alkanes of at least 4 members (excludes halogenated alkanes) is 3. The standard InChI is InChI=1S/C14H25N3O2/c18-12-13-11-15-14(16-13)5-3-1-2-4-6-17-7-9-19-10-8-17/h11,18H,1-10,12H2,(H,15,16). The summed E-state index contributed by atoms with van der Waals surface area (Å²) in [5, 5.41) is 8.93. The molecular formula is C14H25N3O2. The fourth-order valence-electron chi connectivity index (χ4n) is 2.42. The molecule has 1 fully saturated rings. The smallest absolute Gasteiger partial charge is 0.106 e. The SMILES string of the molecule is OCc1cnc(CCCCCCN2CCOCC2)[nH]1. The lowest BCUT2D eigenvalue weighted by molar-refractivity contribution is 0.0371. The summed E-state index contributed by atoms with van der Waals surface area (Å²) < 4.78 is 5.33. The molecule has 0 atom stereocenters. The number of hydrogen-bond acceptors (Lipinski definition) is 4. The molecular weight excluding hydrogens is 242 g/mol. The molecule has 1 aliphatic heterocycles. The molecule has 1 aromatic rings. The summed E-state index contributed by atoms with van der Waals surface area (Å²) >= 11 is 0. The number of rotatable bonds is 8. The third-order valence-corrected chi connectivity index (χ3v) is 3.59. The van der Waals surface area contributed by atoms with E-state index in [1.165, 1.54) is 32.2 Å². The van der Waals surface area contributed by atoms with Crippen molar-refractivity contribution in [3.05, 3.63) is 17.7 Å². The summed E-state index contributed by atoms with van der Waals surface area (Å²) in [5.41, 5.74) is 0.808. The van der Waals surface area contributed by atoms with E-state index in [1.807, 2.05) is 0 Å². The first-order chi connectivity index (χ1) is 9.38. The van der Waals surface area contributed by atoms with Crippen LogP contribution in [-0.4, -0.2) is 52.8 Å². The Labute approximate surface area is 115 Å². The number of aliphatic hydroxyl groups excluding tert-OH is 1. The minimum Gasteiger partial charge on any atom is -0.390 e. The number of aryl methyl sites for hydroxylation is 1. The van der Waals surface area contributed by atoms with E-state index in [0.29, 0.717) is 0 Å². The predicted octanol–water partition coefficient (Wildman–Crippen LogP) is 1.34. The predicted molar refractivity (Wildman–Crippen MR) is 73.9 cm³/mol. The summed E-state index contributed by atoms with van der Waals surface area (Å²) in [7, 11) is 0. The molecule has 0 aliphatic carbocycles. The lowest BCUT2D eigenvalue weighted by Gasteiger charge is -2.26. The largest absolute Gasteiger partial charge is 0.390 e. The van der Waals surface area contributed by atoms with Crippen molar-refractivity contribution in [2.75, 3.05) is 32.8 Å². The van der Waals surface area contributed by atoms with Gasteiger partial charge in [-0.1, -0.05) is 12.8 Å². The number of aromatic amines is 1. The highest BCUT2D eigenvalue weighted by Gasteiger charge is 2.08. The van der Waals surface area contributed by atoms with Gasteiger partial charge in [0.25, 0.3) is 0 Å². The van der Waals surface area contributed by atoms with Crippen LogP contribution in [0.4, 0.5) is 0 Å². The number of nitrogens with zero attached hydrogens (tertiary/aromatic N) is 2. The van der Waals surface area contributed by atoms with Gasteiger partial charge in [-0.3, -0.25) is 4.90 Å². The maximum absolute atomic E-state index is 8.93. The second kappa shape index (κ2) is 8.30. The lowest BCUT2D eigenvalue weighted by Crippen LogP contribution is -2.36. The van der Waals surface area contributed by atoms with Crippen LogP contribution in [-0.2, 0) is 17.8 Å². The van der Waals surface area contributed by atoms with Gasteiger partial charge >= 0.3 is 0 Å². The Kier molecular flexibility index (Phi) is 6.33. The maximum atomic E-state index is 8.93. The Morgan fingerprint density at radius 2 is 2.00 bits per heavy atom. The quantitative estimate of drug-likeness (QED) is 0.698. The summed E-state index contributed by atoms with van der Waals surface area (Å²) in [6, 6.07) is 0. The Bertz CT molecular complexity index is 348. The van der Waals surface area contributed by atoms with Gasteiger partial charge in [-0.2, -0.15) is 0 Å². The van der Waals surface area contributed by atoms with Crippen LogP contribution >= 0.6 is 0 Å². The first-order valence-electron chi connectivity index (χ1n) is 7.32. The van der Waals surface area contributed by atoms with Crippen LogP contribution in [0.1, 0.15) is 37.2 Å². The van der Waals surface area contributed by atoms with Crippen molar-refractivity contribution in [2.24, 2.45) is 0 Å². The Morgan fingerprint density at radius 3 is 2.74 bits per heavy atom. The molecule has 19 heavy (non-hydrogen) atoms.